The normalized spacial score (nSPS) is 16.8. The molecule has 5 aromatic rings. The molecule has 0 amide bonds. The molecule has 2 aliphatic rings. The van der Waals surface area contributed by atoms with Crippen molar-refractivity contribution in [1.29, 1.82) is 0 Å². The van der Waals surface area contributed by atoms with Crippen LogP contribution in [-0.2, 0) is 24.3 Å². The number of nitrogens with zero attached hydrogens (tertiary/aromatic N) is 5. The summed E-state index contributed by atoms with van der Waals surface area (Å²) in [5.74, 6) is 0.0959. The Morgan fingerprint density at radius 1 is 1.02 bits per heavy atom. The molecule has 0 bridgehead atoms. The van der Waals surface area contributed by atoms with Crippen LogP contribution in [0.5, 0.6) is 5.75 Å². The molecule has 2 aromatic heterocycles. The molecule has 1 saturated heterocycles. The minimum Gasteiger partial charge on any atom is -0.497 e. The molecular formula is C37H35N5O7S2. The number of aromatic nitrogens is 3. The highest BCUT2D eigenvalue weighted by Crippen LogP contribution is 2.32. The Kier molecular flexibility index (Phi) is 9.57. The second kappa shape index (κ2) is 14.2. The van der Waals surface area contributed by atoms with Crippen molar-refractivity contribution < 1.29 is 27.4 Å². The third kappa shape index (κ3) is 6.58. The van der Waals surface area contributed by atoms with Crippen LogP contribution in [0, 0.1) is 0 Å². The number of carbonyl (C=O) groups is 1. The van der Waals surface area contributed by atoms with E-state index in [2.05, 4.69) is 0 Å². The van der Waals surface area contributed by atoms with E-state index in [1.807, 2.05) is 48.7 Å². The van der Waals surface area contributed by atoms with Gasteiger partial charge in [-0.05, 0) is 61.9 Å². The first-order valence-electron chi connectivity index (χ1n) is 16.4. The minimum atomic E-state index is -3.69. The van der Waals surface area contributed by atoms with Crippen LogP contribution in [0.1, 0.15) is 31.0 Å². The van der Waals surface area contributed by atoms with E-state index in [4.69, 9.17) is 24.3 Å². The van der Waals surface area contributed by atoms with Crippen LogP contribution in [-0.4, -0.2) is 73.1 Å². The molecule has 0 N–H and O–H groups in total. The van der Waals surface area contributed by atoms with E-state index in [9.17, 15) is 18.0 Å². The lowest BCUT2D eigenvalue weighted by Gasteiger charge is -2.26. The van der Waals surface area contributed by atoms with E-state index < -0.39 is 22.0 Å². The van der Waals surface area contributed by atoms with Gasteiger partial charge in [0, 0.05) is 30.4 Å². The van der Waals surface area contributed by atoms with Crippen LogP contribution in [0.4, 0.5) is 0 Å². The summed E-state index contributed by atoms with van der Waals surface area (Å²) >= 11 is 1.21. The van der Waals surface area contributed by atoms with Crippen LogP contribution in [0.15, 0.2) is 111 Å². The van der Waals surface area contributed by atoms with Gasteiger partial charge in [0.2, 0.25) is 10.0 Å². The predicted molar refractivity (Wildman–Crippen MR) is 192 cm³/mol. The summed E-state index contributed by atoms with van der Waals surface area (Å²) in [5, 5.41) is 4.89. The first kappa shape index (κ1) is 34.3. The van der Waals surface area contributed by atoms with Gasteiger partial charge in [0.05, 0.1) is 65.1 Å². The lowest BCUT2D eigenvalue weighted by atomic mass is 9.96. The Labute approximate surface area is 298 Å². The largest absolute Gasteiger partial charge is 0.497 e. The van der Waals surface area contributed by atoms with Gasteiger partial charge in [-0.25, -0.2) is 22.9 Å². The van der Waals surface area contributed by atoms with E-state index in [0.717, 1.165) is 5.69 Å². The summed E-state index contributed by atoms with van der Waals surface area (Å²) in [6.45, 7) is 4.95. The monoisotopic (exact) mass is 725 g/mol. The molecule has 0 spiro atoms. The Hall–Kier alpha value is -5.15. The SMILES string of the molecule is CCOC(=O)C1=C(C)N=c2sc(=Cc3cn(-c4ccccc4)nc3-c3ccc(S(=O)(=O)N4CCOCC4)cc3)c(=O)n2C1c1ccc(OC)cc1. The highest BCUT2D eigenvalue weighted by molar-refractivity contribution is 7.89. The summed E-state index contributed by atoms with van der Waals surface area (Å²) in [5.41, 5.74) is 3.77. The van der Waals surface area contributed by atoms with Gasteiger partial charge in [-0.2, -0.15) is 9.40 Å². The van der Waals surface area contributed by atoms with E-state index in [0.29, 0.717) is 69.5 Å². The van der Waals surface area contributed by atoms with E-state index >= 15 is 0 Å². The summed E-state index contributed by atoms with van der Waals surface area (Å²) in [4.78, 5) is 33.0. The standard InChI is InChI=1S/C37H35N5O7S2/c1-4-49-36(44)32-24(2)38-37-42(34(32)26-10-14-29(47-3)15-11-26)35(43)31(50-37)22-27-23-41(28-8-6-5-7-9-28)39-33(27)25-12-16-30(17-13-25)51(45,46)40-18-20-48-21-19-40/h5-17,22-23,34H,4,18-21H2,1-3H3. The topological polar surface area (TPSA) is 134 Å². The Balaban J connectivity index is 1.36. The first-order valence-corrected chi connectivity index (χ1v) is 18.6. The number of fused-ring (bicyclic) bond motifs is 1. The molecule has 4 heterocycles. The van der Waals surface area contributed by atoms with E-state index in [1.54, 1.807) is 68.1 Å². The third-order valence-electron chi connectivity index (χ3n) is 8.73. The van der Waals surface area contributed by atoms with Crippen LogP contribution < -0.4 is 19.6 Å². The third-order valence-corrected chi connectivity index (χ3v) is 11.6. The van der Waals surface area contributed by atoms with Crippen LogP contribution in [0.25, 0.3) is 23.0 Å². The highest BCUT2D eigenvalue weighted by Gasteiger charge is 2.33. The Morgan fingerprint density at radius 3 is 2.39 bits per heavy atom. The molecule has 1 unspecified atom stereocenters. The van der Waals surface area contributed by atoms with Gasteiger partial charge in [0.1, 0.15) is 5.75 Å². The number of methoxy groups -OCH3 is 1. The fourth-order valence-corrected chi connectivity index (χ4v) is 8.63. The van der Waals surface area contributed by atoms with Gasteiger partial charge in [-0.15, -0.1) is 0 Å². The van der Waals surface area contributed by atoms with Gasteiger partial charge >= 0.3 is 5.97 Å². The summed E-state index contributed by atoms with van der Waals surface area (Å²) < 4.78 is 47.8. The van der Waals surface area contributed by atoms with Crippen molar-refractivity contribution in [3.8, 4) is 22.7 Å². The average Bonchev–Trinajstić information content (AvgIpc) is 3.72. The fraction of sp³-hybridized carbons (Fsp3) is 0.243. The van der Waals surface area contributed by atoms with Crippen molar-refractivity contribution in [3.05, 3.63) is 127 Å². The van der Waals surface area contributed by atoms with Crippen LogP contribution in [0.3, 0.4) is 0 Å². The molecule has 51 heavy (non-hydrogen) atoms. The quantitative estimate of drug-likeness (QED) is 0.210. The highest BCUT2D eigenvalue weighted by atomic mass is 32.2. The maximum atomic E-state index is 14.4. The summed E-state index contributed by atoms with van der Waals surface area (Å²) in [6.07, 6.45) is 3.59. The number of allylic oxidation sites excluding steroid dienone is 1. The summed E-state index contributed by atoms with van der Waals surface area (Å²) in [7, 11) is -2.12. The smallest absolute Gasteiger partial charge is 0.338 e. The summed E-state index contributed by atoms with van der Waals surface area (Å²) in [6, 6.07) is 22.6. The minimum absolute atomic E-state index is 0.170. The zero-order chi connectivity index (χ0) is 35.7. The molecule has 0 aliphatic carbocycles. The lowest BCUT2D eigenvalue weighted by molar-refractivity contribution is -0.139. The number of rotatable bonds is 9. The first-order chi connectivity index (χ1) is 24.7. The van der Waals surface area contributed by atoms with Crippen molar-refractivity contribution in [3.63, 3.8) is 0 Å². The van der Waals surface area contributed by atoms with Crippen molar-refractivity contribution >= 4 is 33.4 Å². The van der Waals surface area contributed by atoms with Crippen LogP contribution >= 0.6 is 11.3 Å². The molecule has 0 saturated carbocycles. The molecule has 0 radical (unpaired) electrons. The number of morpholine rings is 1. The lowest BCUT2D eigenvalue weighted by Crippen LogP contribution is -2.40. The average molecular weight is 726 g/mol. The molecule has 1 fully saturated rings. The molecule has 3 aromatic carbocycles. The van der Waals surface area contributed by atoms with Gasteiger partial charge < -0.3 is 14.2 Å². The second-order valence-corrected chi connectivity index (χ2v) is 14.8. The molecule has 262 valence electrons. The molecule has 2 aliphatic heterocycles. The van der Waals surface area contributed by atoms with Crippen molar-refractivity contribution in [1.82, 2.24) is 18.7 Å². The fourth-order valence-electron chi connectivity index (χ4n) is 6.19. The predicted octanol–water partition coefficient (Wildman–Crippen LogP) is 3.68. The number of benzene rings is 3. The van der Waals surface area contributed by atoms with Gasteiger partial charge in [-0.1, -0.05) is 53.8 Å². The van der Waals surface area contributed by atoms with Crippen molar-refractivity contribution in [2.45, 2.75) is 24.8 Å². The number of para-hydroxylation sites is 1. The number of esters is 1. The Bertz CT molecular complexity index is 2410. The number of thiazole rings is 1. The van der Waals surface area contributed by atoms with Crippen LogP contribution in [0.2, 0.25) is 0 Å². The maximum Gasteiger partial charge on any atom is 0.338 e. The van der Waals surface area contributed by atoms with E-state index in [-0.39, 0.29) is 22.6 Å². The number of sulfonamides is 1. The molecular weight excluding hydrogens is 691 g/mol. The molecule has 1 atom stereocenters. The van der Waals surface area contributed by atoms with Gasteiger partial charge in [-0.3, -0.25) is 9.36 Å². The Morgan fingerprint density at radius 2 is 1.73 bits per heavy atom. The number of hydrogen-bond donors (Lipinski definition) is 0. The zero-order valence-electron chi connectivity index (χ0n) is 28.2. The molecule has 12 nitrogen and oxygen atoms in total. The van der Waals surface area contributed by atoms with Crippen molar-refractivity contribution in [2.75, 3.05) is 40.0 Å². The second-order valence-electron chi connectivity index (χ2n) is 11.8. The van der Waals surface area contributed by atoms with E-state index in [1.165, 1.54) is 20.2 Å². The molecule has 14 heteroatoms. The van der Waals surface area contributed by atoms with Crippen molar-refractivity contribution in [2.24, 2.45) is 4.99 Å². The number of carbonyl (C=O) groups excluding carboxylic acids is 1. The number of hydrogen-bond acceptors (Lipinski definition) is 10. The maximum absolute atomic E-state index is 14.4. The van der Waals surface area contributed by atoms with Gasteiger partial charge in [0.25, 0.3) is 5.56 Å². The molecule has 7 rings (SSSR count). The zero-order valence-corrected chi connectivity index (χ0v) is 29.8. The van der Waals surface area contributed by atoms with Gasteiger partial charge in [0.15, 0.2) is 4.80 Å². The number of ether oxygens (including phenoxy) is 3.